The third kappa shape index (κ3) is 1.99. The van der Waals surface area contributed by atoms with Crippen molar-refractivity contribution in [2.75, 3.05) is 6.79 Å². The van der Waals surface area contributed by atoms with Crippen molar-refractivity contribution in [3.05, 3.63) is 35.9 Å². The average molecular weight is 209 g/mol. The summed E-state index contributed by atoms with van der Waals surface area (Å²) < 4.78 is 5.07. The van der Waals surface area contributed by atoms with E-state index in [4.69, 9.17) is 14.7 Å². The van der Waals surface area contributed by atoms with E-state index < -0.39 is 11.7 Å². The number of nitrogens with one attached hydrogen (secondary N) is 1. The van der Waals surface area contributed by atoms with Crippen LogP contribution in [0, 0.1) is 0 Å². The Hall–Kier alpha value is -1.43. The van der Waals surface area contributed by atoms with Crippen molar-refractivity contribution in [3.63, 3.8) is 0 Å². The van der Waals surface area contributed by atoms with Crippen LogP contribution in [-0.2, 0) is 20.8 Å². The van der Waals surface area contributed by atoms with Gasteiger partial charge in [-0.3, -0.25) is 4.84 Å². The lowest BCUT2D eigenvalue weighted by atomic mass is 10.0. The monoisotopic (exact) mass is 209 g/mol. The molecule has 0 aromatic heterocycles. The summed E-state index contributed by atoms with van der Waals surface area (Å²) in [7, 11) is 0. The van der Waals surface area contributed by atoms with Crippen molar-refractivity contribution in [2.24, 2.45) is 0 Å². The van der Waals surface area contributed by atoms with Crippen LogP contribution >= 0.6 is 0 Å². The van der Waals surface area contributed by atoms with Gasteiger partial charge in [0, 0.05) is 6.42 Å². The van der Waals surface area contributed by atoms with E-state index in [9.17, 15) is 4.79 Å². The molecule has 1 aromatic carbocycles. The highest BCUT2D eigenvalue weighted by Gasteiger charge is 2.44. The lowest BCUT2D eigenvalue weighted by Crippen LogP contribution is -2.50. The van der Waals surface area contributed by atoms with Crippen LogP contribution in [0.25, 0.3) is 0 Å². The molecule has 5 nitrogen and oxygen atoms in total. The molecule has 80 valence electrons. The molecule has 1 saturated heterocycles. The Kier molecular flexibility index (Phi) is 2.68. The Morgan fingerprint density at radius 3 is 2.73 bits per heavy atom. The summed E-state index contributed by atoms with van der Waals surface area (Å²) >= 11 is 0. The number of carbonyl (C=O) groups is 1. The minimum atomic E-state index is -1.46. The number of benzene rings is 1. The largest absolute Gasteiger partial charge is 0.478 e. The standard InChI is InChI=1S/C10H11NO4/c12-9(13)10(11-15-7-14-10)6-8-4-2-1-3-5-8/h1-5,11H,6-7H2,(H,12,13)/t10-/m1/s1. The van der Waals surface area contributed by atoms with Gasteiger partial charge >= 0.3 is 5.97 Å². The highest BCUT2D eigenvalue weighted by Crippen LogP contribution is 2.19. The molecular formula is C10H11NO4. The van der Waals surface area contributed by atoms with Gasteiger partial charge in [-0.25, -0.2) is 4.79 Å². The molecule has 0 amide bonds. The van der Waals surface area contributed by atoms with E-state index in [1.54, 1.807) is 0 Å². The fourth-order valence-corrected chi connectivity index (χ4v) is 1.46. The molecule has 15 heavy (non-hydrogen) atoms. The number of hydrogen-bond acceptors (Lipinski definition) is 4. The Morgan fingerprint density at radius 2 is 2.20 bits per heavy atom. The lowest BCUT2D eigenvalue weighted by molar-refractivity contribution is -0.162. The second-order valence-electron chi connectivity index (χ2n) is 3.30. The molecule has 0 bridgehead atoms. The van der Waals surface area contributed by atoms with Gasteiger partial charge in [-0.15, -0.1) is 0 Å². The molecule has 0 spiro atoms. The van der Waals surface area contributed by atoms with Gasteiger partial charge in [-0.05, 0) is 5.56 Å². The first-order valence-electron chi connectivity index (χ1n) is 4.53. The van der Waals surface area contributed by atoms with Crippen molar-refractivity contribution in [1.29, 1.82) is 0 Å². The third-order valence-corrected chi connectivity index (χ3v) is 2.24. The summed E-state index contributed by atoms with van der Waals surface area (Å²) in [5.74, 6) is -1.08. The van der Waals surface area contributed by atoms with Crippen LogP contribution in [0.2, 0.25) is 0 Å². The van der Waals surface area contributed by atoms with E-state index in [0.29, 0.717) is 0 Å². The third-order valence-electron chi connectivity index (χ3n) is 2.24. The van der Waals surface area contributed by atoms with Crippen molar-refractivity contribution in [1.82, 2.24) is 5.48 Å². The van der Waals surface area contributed by atoms with E-state index in [0.717, 1.165) is 5.56 Å². The van der Waals surface area contributed by atoms with E-state index in [2.05, 4.69) is 5.48 Å². The summed E-state index contributed by atoms with van der Waals surface area (Å²) in [5.41, 5.74) is 1.81. The molecule has 1 aliphatic heterocycles. The predicted octanol–water partition coefficient (Wildman–Crippen LogP) is 0.519. The maximum atomic E-state index is 11.1. The Morgan fingerprint density at radius 1 is 1.47 bits per heavy atom. The first-order chi connectivity index (χ1) is 7.23. The highest BCUT2D eigenvalue weighted by molar-refractivity contribution is 5.77. The van der Waals surface area contributed by atoms with E-state index in [1.165, 1.54) is 0 Å². The summed E-state index contributed by atoms with van der Waals surface area (Å²) in [6.07, 6.45) is 0.225. The van der Waals surface area contributed by atoms with Crippen molar-refractivity contribution >= 4 is 5.97 Å². The molecule has 0 unspecified atom stereocenters. The van der Waals surface area contributed by atoms with Crippen LogP contribution in [0.1, 0.15) is 5.56 Å². The number of hydroxylamine groups is 1. The first-order valence-corrected chi connectivity index (χ1v) is 4.53. The van der Waals surface area contributed by atoms with Crippen LogP contribution in [0.15, 0.2) is 30.3 Å². The minimum absolute atomic E-state index is 0.0564. The molecule has 5 heteroatoms. The van der Waals surface area contributed by atoms with Crippen molar-refractivity contribution in [3.8, 4) is 0 Å². The summed E-state index contributed by atoms with van der Waals surface area (Å²) in [6.45, 7) is -0.0564. The molecule has 1 aromatic rings. The number of aliphatic carboxylic acids is 1. The maximum Gasteiger partial charge on any atom is 0.354 e. The molecule has 0 radical (unpaired) electrons. The van der Waals surface area contributed by atoms with Crippen molar-refractivity contribution < 1.29 is 19.5 Å². The molecule has 0 saturated carbocycles. The summed E-state index contributed by atoms with van der Waals surface area (Å²) in [6, 6.07) is 9.25. The lowest BCUT2D eigenvalue weighted by Gasteiger charge is -2.21. The van der Waals surface area contributed by atoms with Crippen LogP contribution in [0.4, 0.5) is 0 Å². The van der Waals surface area contributed by atoms with Gasteiger partial charge in [0.15, 0.2) is 6.79 Å². The second kappa shape index (κ2) is 3.98. The predicted molar refractivity (Wildman–Crippen MR) is 50.7 cm³/mol. The van der Waals surface area contributed by atoms with Crippen LogP contribution in [-0.4, -0.2) is 23.6 Å². The second-order valence-corrected chi connectivity index (χ2v) is 3.30. The Balaban J connectivity index is 2.18. The van der Waals surface area contributed by atoms with E-state index in [-0.39, 0.29) is 13.2 Å². The minimum Gasteiger partial charge on any atom is -0.478 e. The number of rotatable bonds is 3. The van der Waals surface area contributed by atoms with Crippen LogP contribution < -0.4 is 5.48 Å². The van der Waals surface area contributed by atoms with E-state index in [1.807, 2.05) is 30.3 Å². The fourth-order valence-electron chi connectivity index (χ4n) is 1.46. The quantitative estimate of drug-likeness (QED) is 0.759. The fraction of sp³-hybridized carbons (Fsp3) is 0.300. The molecule has 2 rings (SSSR count). The van der Waals surface area contributed by atoms with Crippen molar-refractivity contribution in [2.45, 2.75) is 12.1 Å². The number of ether oxygens (including phenoxy) is 1. The number of carboxylic acid groups (broad SMARTS) is 1. The van der Waals surface area contributed by atoms with Gasteiger partial charge in [0.2, 0.25) is 5.72 Å². The van der Waals surface area contributed by atoms with Gasteiger partial charge < -0.3 is 9.84 Å². The zero-order valence-corrected chi connectivity index (χ0v) is 7.97. The Labute approximate surface area is 86.6 Å². The van der Waals surface area contributed by atoms with Crippen LogP contribution in [0.3, 0.4) is 0 Å². The van der Waals surface area contributed by atoms with Gasteiger partial charge in [0.1, 0.15) is 0 Å². The molecule has 1 heterocycles. The molecule has 1 aliphatic rings. The number of carboxylic acids is 1. The summed E-state index contributed by atoms with van der Waals surface area (Å²) in [4.78, 5) is 15.8. The summed E-state index contributed by atoms with van der Waals surface area (Å²) in [5, 5.41) is 9.06. The van der Waals surface area contributed by atoms with Gasteiger partial charge in [-0.1, -0.05) is 30.3 Å². The zero-order chi connectivity index (χ0) is 10.7. The van der Waals surface area contributed by atoms with Crippen LogP contribution in [0.5, 0.6) is 0 Å². The van der Waals surface area contributed by atoms with E-state index >= 15 is 0 Å². The Bertz CT molecular complexity index is 346. The maximum absolute atomic E-state index is 11.1. The molecule has 2 N–H and O–H groups in total. The topological polar surface area (TPSA) is 67.8 Å². The molecular weight excluding hydrogens is 198 g/mol. The normalized spacial score (nSPS) is 25.3. The highest BCUT2D eigenvalue weighted by atomic mass is 16.8. The average Bonchev–Trinajstić information content (AvgIpc) is 2.69. The molecule has 0 aliphatic carbocycles. The zero-order valence-electron chi connectivity index (χ0n) is 7.97. The molecule has 1 atom stereocenters. The smallest absolute Gasteiger partial charge is 0.354 e. The van der Waals surface area contributed by atoms with Gasteiger partial charge in [0.05, 0.1) is 0 Å². The van der Waals surface area contributed by atoms with Gasteiger partial charge in [0.25, 0.3) is 0 Å². The van der Waals surface area contributed by atoms with Gasteiger partial charge in [-0.2, -0.15) is 5.48 Å². The SMILES string of the molecule is O=C(O)[C@]1(Cc2ccccc2)NOCO1. The molecule has 1 fully saturated rings. The first kappa shape index (κ1) is 10.1. The number of hydrogen-bond donors (Lipinski definition) is 2.